The molecule has 1 fully saturated rings. The van der Waals surface area contributed by atoms with E-state index in [4.69, 9.17) is 18.0 Å². The fraction of sp³-hybridized carbons (Fsp3) is 0.179. The van der Waals surface area contributed by atoms with Crippen LogP contribution in [0.2, 0.25) is 0 Å². The molecular weight excluding hydrogens is 1680 g/mol. The number of fused-ring (bicyclic) bond motifs is 3. The molecule has 3 aromatic heterocycles. The van der Waals surface area contributed by atoms with E-state index in [1.807, 2.05) is 239 Å². The molecule has 0 aliphatic carbocycles. The predicted molar refractivity (Wildman–Crippen MR) is 480 cm³/mol. The molecule has 12 aromatic carbocycles. The maximum absolute atomic E-state index is 14.1. The second kappa shape index (κ2) is 37.5. The Morgan fingerprint density at radius 3 is 0.915 bits per heavy atom. The zero-order chi connectivity index (χ0) is 92.9. The van der Waals surface area contributed by atoms with E-state index < -0.39 is 52.6 Å². The summed E-state index contributed by atoms with van der Waals surface area (Å²) in [5.41, 5.74) is 8.73. The number of ether oxygens (including phenoxy) is 1. The van der Waals surface area contributed by atoms with E-state index in [-0.39, 0.29) is 91.5 Å². The van der Waals surface area contributed by atoms with Gasteiger partial charge < -0.3 is 58.2 Å². The van der Waals surface area contributed by atoms with Crippen molar-refractivity contribution >= 4 is 50.0 Å². The predicted octanol–water partition coefficient (Wildman–Crippen LogP) is 26.1. The molecular formula is C106H90F9N3O12. The molecule has 0 saturated carbocycles. The van der Waals surface area contributed by atoms with Gasteiger partial charge in [-0.1, -0.05) is 256 Å². The Morgan fingerprint density at radius 2 is 0.646 bits per heavy atom. The van der Waals surface area contributed by atoms with Gasteiger partial charge in [-0.3, -0.25) is 14.4 Å². The number of rotatable bonds is 24. The summed E-state index contributed by atoms with van der Waals surface area (Å²) in [7, 11) is 0. The fourth-order valence-electron chi connectivity index (χ4n) is 15.8. The number of carbonyl (C=O) groups is 3. The van der Waals surface area contributed by atoms with Gasteiger partial charge >= 0.3 is 18.5 Å². The molecule has 1 aliphatic rings. The minimum atomic E-state index is -4.63. The fourth-order valence-corrected chi connectivity index (χ4v) is 15.8. The van der Waals surface area contributed by atoms with Crippen LogP contribution in [0.15, 0.2) is 341 Å². The highest BCUT2D eigenvalue weighted by Gasteiger charge is 2.44. The average molecular weight is 1770 g/mol. The van der Waals surface area contributed by atoms with Crippen molar-refractivity contribution in [2.24, 2.45) is 0 Å². The molecule has 5 N–H and O–H groups in total. The molecule has 24 heteroatoms. The summed E-state index contributed by atoms with van der Waals surface area (Å²) in [5.74, 6) is -5.01. The highest BCUT2D eigenvalue weighted by molar-refractivity contribution is 6.10. The van der Waals surface area contributed by atoms with Crippen molar-refractivity contribution in [3.63, 3.8) is 0 Å². The SMILES string of the molecule is C=C(O)C1(c2cccc(-c3ccc(CN(Cc4ccc(C(F)(F)F)o4)C(=O)c4c(C)ccc5ccccc45)cc3)c2)CCO1.C=C(O)[C@@](C)(O)c1cccc(-c2ccc(CN(Cc3ccc(C(F)(F)F)o3)C(=O)c3c(C)ccc4ccccc34)cc2)c1.C=C(O)[C@](C)(O)c1cccc(-c2ccc(CN(Cc3ccc(C(F)(F)F)o3)C(=O)c3c(C)ccc4ccccc34)cc2)c1. The zero-order valence-corrected chi connectivity index (χ0v) is 71.3. The van der Waals surface area contributed by atoms with E-state index in [1.165, 1.54) is 46.7 Å². The third-order valence-electron chi connectivity index (χ3n) is 23.3. The molecule has 15 aromatic rings. The van der Waals surface area contributed by atoms with E-state index in [2.05, 4.69) is 19.7 Å². The number of hydrogen-bond donors (Lipinski definition) is 5. The van der Waals surface area contributed by atoms with Crippen molar-refractivity contribution in [2.75, 3.05) is 6.61 Å². The van der Waals surface area contributed by atoms with Crippen molar-refractivity contribution in [3.05, 3.63) is 430 Å². The summed E-state index contributed by atoms with van der Waals surface area (Å²) in [6.07, 6.45) is -13.2. The molecule has 664 valence electrons. The second-order valence-electron chi connectivity index (χ2n) is 32.5. The van der Waals surface area contributed by atoms with Gasteiger partial charge in [-0.15, -0.1) is 0 Å². The van der Waals surface area contributed by atoms with Gasteiger partial charge in [0.1, 0.15) is 45.8 Å². The minimum absolute atomic E-state index is 0.0181. The van der Waals surface area contributed by atoms with Crippen LogP contribution < -0.4 is 0 Å². The van der Waals surface area contributed by atoms with Crippen molar-refractivity contribution in [1.82, 2.24) is 14.7 Å². The lowest BCUT2D eigenvalue weighted by molar-refractivity contribution is -0.154. The maximum atomic E-state index is 14.1. The third-order valence-corrected chi connectivity index (χ3v) is 23.3. The standard InChI is InChI=1S/C36H30F3NO4.2C35H30F3NO4/c1-23-10-13-27-6-3-4-9-31(27)33(23)34(42)40(22-30-16-17-32(44-30)36(37,38)39)21-25-11-14-26(15-12-25)28-7-5-8-29(20-28)35(24(2)41)18-19-43-35;2*1-22-11-14-26-7-4-5-10-30(26)32(22)33(41)39(21-29-17-18-31(43-29)35(36,37)38)20-24-12-15-25(16-13-24)27-8-6-9-28(19-27)34(3,42)23(2)40/h3-17,20,41H,2,18-19,21-22H2,1H3;2*4-19,40,42H,2,20-21H2,1,3H3/t;2*34-/m.10/s1. The molecule has 1 unspecified atom stereocenters. The number of nitrogens with zero attached hydrogens (tertiary/aromatic N) is 3. The van der Waals surface area contributed by atoms with Crippen LogP contribution in [0.3, 0.4) is 0 Å². The number of aliphatic hydroxyl groups is 5. The van der Waals surface area contributed by atoms with E-state index in [1.54, 1.807) is 36.4 Å². The lowest BCUT2D eigenvalue weighted by Crippen LogP contribution is -2.42. The second-order valence-corrected chi connectivity index (χ2v) is 32.5. The Hall–Kier alpha value is -14.5. The van der Waals surface area contributed by atoms with Gasteiger partial charge in [-0.05, 0) is 205 Å². The van der Waals surface area contributed by atoms with Gasteiger partial charge in [0.15, 0.2) is 5.60 Å². The number of halogens is 9. The molecule has 16 rings (SSSR count). The summed E-state index contributed by atoms with van der Waals surface area (Å²) in [4.78, 5) is 46.7. The molecule has 4 heterocycles. The van der Waals surface area contributed by atoms with Crippen molar-refractivity contribution in [1.29, 1.82) is 0 Å². The van der Waals surface area contributed by atoms with E-state index in [0.29, 0.717) is 40.8 Å². The highest BCUT2D eigenvalue weighted by atomic mass is 19.4. The van der Waals surface area contributed by atoms with Crippen molar-refractivity contribution < 1.29 is 97.4 Å². The Bertz CT molecular complexity index is 6470. The molecule has 15 nitrogen and oxygen atoms in total. The number of hydrogen-bond acceptors (Lipinski definition) is 12. The minimum Gasteiger partial charge on any atom is -0.510 e. The summed E-state index contributed by atoms with van der Waals surface area (Å²) in [6.45, 7) is 19.5. The van der Waals surface area contributed by atoms with Crippen molar-refractivity contribution in [3.8, 4) is 33.4 Å². The van der Waals surface area contributed by atoms with Gasteiger partial charge in [-0.25, -0.2) is 0 Å². The number of benzene rings is 12. The largest absolute Gasteiger partial charge is 0.510 e. The lowest BCUT2D eigenvalue weighted by atomic mass is 9.83. The molecule has 1 aliphatic heterocycles. The Labute approximate surface area is 743 Å². The lowest BCUT2D eigenvalue weighted by Gasteiger charge is -2.41. The van der Waals surface area contributed by atoms with Crippen LogP contribution in [0.25, 0.3) is 65.7 Å². The molecule has 0 bridgehead atoms. The molecule has 1 saturated heterocycles. The molecule has 0 spiro atoms. The first-order valence-electron chi connectivity index (χ1n) is 41.4. The zero-order valence-electron chi connectivity index (χ0n) is 71.3. The number of aryl methyl sites for hydroxylation is 3. The summed E-state index contributed by atoms with van der Waals surface area (Å²) >= 11 is 0. The quantitative estimate of drug-likeness (QED) is 0.0283. The first-order chi connectivity index (χ1) is 61.7. The number of furan rings is 3. The van der Waals surface area contributed by atoms with Crippen LogP contribution in [-0.4, -0.2) is 64.6 Å². The van der Waals surface area contributed by atoms with E-state index >= 15 is 0 Å². The Morgan fingerprint density at radius 1 is 0.354 bits per heavy atom. The summed E-state index contributed by atoms with van der Waals surface area (Å²) in [6, 6.07) is 84.5. The normalized spacial score (nSPS) is 14.2. The highest BCUT2D eigenvalue weighted by Crippen LogP contribution is 2.45. The maximum Gasteiger partial charge on any atom is 0.449 e. The molecule has 3 amide bonds. The third kappa shape index (κ3) is 20.2. The number of carbonyl (C=O) groups excluding carboxylic acids is 3. The first kappa shape index (κ1) is 91.7. The van der Waals surface area contributed by atoms with Crippen LogP contribution in [0, 0.1) is 20.8 Å². The van der Waals surface area contributed by atoms with Crippen LogP contribution in [0.1, 0.15) is 136 Å². The van der Waals surface area contributed by atoms with Crippen molar-refractivity contribution in [2.45, 2.75) is 116 Å². The van der Waals surface area contributed by atoms with Gasteiger partial charge in [0, 0.05) is 26.1 Å². The van der Waals surface area contributed by atoms with Gasteiger partial charge in [-0.2, -0.15) is 39.5 Å². The van der Waals surface area contributed by atoms with Crippen LogP contribution in [0.4, 0.5) is 39.5 Å². The smallest absolute Gasteiger partial charge is 0.449 e. The Kier molecular flexibility index (Phi) is 26.4. The molecule has 0 radical (unpaired) electrons. The van der Waals surface area contributed by atoms with Crippen LogP contribution >= 0.6 is 0 Å². The molecule has 3 atom stereocenters. The topological polar surface area (TPSA) is 211 Å². The van der Waals surface area contributed by atoms with Crippen LogP contribution in [0.5, 0.6) is 0 Å². The first-order valence-corrected chi connectivity index (χ1v) is 41.4. The monoisotopic (exact) mass is 1770 g/mol. The summed E-state index contributed by atoms with van der Waals surface area (Å²) in [5, 5.41) is 56.0. The van der Waals surface area contributed by atoms with Crippen LogP contribution in [-0.2, 0) is 79.3 Å². The number of aliphatic hydroxyl groups excluding tert-OH is 3. The van der Waals surface area contributed by atoms with E-state index in [0.717, 1.165) is 123 Å². The average Bonchev–Trinajstić information content (AvgIpc) is 0.890. The van der Waals surface area contributed by atoms with Gasteiger partial charge in [0.2, 0.25) is 17.3 Å². The number of amides is 3. The molecule has 130 heavy (non-hydrogen) atoms. The Balaban J connectivity index is 0.000000157. The van der Waals surface area contributed by atoms with Gasteiger partial charge in [0.25, 0.3) is 17.7 Å². The summed E-state index contributed by atoms with van der Waals surface area (Å²) < 4.78 is 140. The number of alkyl halides is 9. The van der Waals surface area contributed by atoms with E-state index in [9.17, 15) is 79.4 Å². The van der Waals surface area contributed by atoms with Gasteiger partial charge in [0.05, 0.1) is 42.9 Å².